The van der Waals surface area contributed by atoms with Crippen molar-refractivity contribution >= 4 is 34.2 Å². The number of amides is 1. The van der Waals surface area contributed by atoms with E-state index in [0.717, 1.165) is 5.56 Å². The largest absolute Gasteiger partial charge is 0.462 e. The summed E-state index contributed by atoms with van der Waals surface area (Å²) in [6.07, 6.45) is -1.49. The topological polar surface area (TPSA) is 102 Å². The Labute approximate surface area is 183 Å². The third-order valence-electron chi connectivity index (χ3n) is 4.29. The first kappa shape index (κ1) is 22.2. The molecule has 7 nitrogen and oxygen atoms in total. The summed E-state index contributed by atoms with van der Waals surface area (Å²) >= 11 is 1.17. The highest BCUT2D eigenvalue weighted by atomic mass is 32.1. The molecule has 0 aliphatic carbocycles. The van der Waals surface area contributed by atoms with Crippen molar-refractivity contribution in [3.05, 3.63) is 77.2 Å². The van der Waals surface area contributed by atoms with Gasteiger partial charge in [0.1, 0.15) is 10.6 Å². The minimum atomic E-state index is -1.49. The van der Waals surface area contributed by atoms with Gasteiger partial charge in [-0.1, -0.05) is 60.7 Å². The minimum Gasteiger partial charge on any atom is -0.462 e. The molecule has 2 aromatic carbocycles. The number of benzene rings is 2. The van der Waals surface area contributed by atoms with E-state index in [0.29, 0.717) is 16.1 Å². The van der Waals surface area contributed by atoms with Crippen LogP contribution in [0, 0.1) is 0 Å². The number of anilines is 1. The Hall–Kier alpha value is -3.49. The second-order valence-electron chi connectivity index (χ2n) is 6.41. The summed E-state index contributed by atoms with van der Waals surface area (Å²) in [5.74, 6) is -2.14. The van der Waals surface area contributed by atoms with E-state index in [9.17, 15) is 19.5 Å². The van der Waals surface area contributed by atoms with Crippen molar-refractivity contribution in [2.75, 3.05) is 18.5 Å². The standard InChI is InChI=1S/C23H21NO6S/c1-2-29-22(27)19-17(15-9-5-3-6-10-15)14-31-21(19)24-18(25)13-30-23(28)20(26)16-11-7-4-8-12-16/h3-12,14,20,26H,2,13H2,1H3,(H,24,25)/t20-/m1/s1. The third kappa shape index (κ3) is 5.56. The summed E-state index contributed by atoms with van der Waals surface area (Å²) in [4.78, 5) is 36.9. The van der Waals surface area contributed by atoms with E-state index >= 15 is 0 Å². The Morgan fingerprint density at radius 3 is 2.29 bits per heavy atom. The Balaban J connectivity index is 1.70. The first-order valence-corrected chi connectivity index (χ1v) is 10.4. The molecule has 160 valence electrons. The molecule has 0 spiro atoms. The van der Waals surface area contributed by atoms with Crippen LogP contribution in [-0.2, 0) is 19.1 Å². The summed E-state index contributed by atoms with van der Waals surface area (Å²) in [5.41, 5.74) is 2.04. The van der Waals surface area contributed by atoms with Gasteiger partial charge in [-0.3, -0.25) is 4.79 Å². The fourth-order valence-corrected chi connectivity index (χ4v) is 3.81. The predicted molar refractivity (Wildman–Crippen MR) is 117 cm³/mol. The van der Waals surface area contributed by atoms with Gasteiger partial charge in [0.2, 0.25) is 0 Å². The van der Waals surface area contributed by atoms with Crippen LogP contribution >= 0.6 is 11.3 Å². The number of nitrogens with one attached hydrogen (secondary N) is 1. The molecule has 0 aliphatic rings. The molecule has 31 heavy (non-hydrogen) atoms. The number of rotatable bonds is 8. The lowest BCUT2D eigenvalue weighted by Crippen LogP contribution is -2.24. The van der Waals surface area contributed by atoms with Crippen molar-refractivity contribution < 1.29 is 29.0 Å². The second kappa shape index (κ2) is 10.5. The molecule has 3 rings (SSSR count). The molecule has 0 saturated carbocycles. The molecule has 0 fully saturated rings. The minimum absolute atomic E-state index is 0.186. The molecule has 1 aromatic heterocycles. The quantitative estimate of drug-likeness (QED) is 0.518. The Morgan fingerprint density at radius 2 is 1.65 bits per heavy atom. The van der Waals surface area contributed by atoms with Gasteiger partial charge in [-0.05, 0) is 18.1 Å². The average molecular weight is 439 g/mol. The zero-order valence-electron chi connectivity index (χ0n) is 16.7. The van der Waals surface area contributed by atoms with Gasteiger partial charge in [0.05, 0.1) is 6.61 Å². The Kier molecular flexibility index (Phi) is 7.53. The molecule has 0 unspecified atom stereocenters. The number of esters is 2. The molecular weight excluding hydrogens is 418 g/mol. The van der Waals surface area contributed by atoms with Crippen molar-refractivity contribution in [2.24, 2.45) is 0 Å². The van der Waals surface area contributed by atoms with Gasteiger partial charge in [0, 0.05) is 10.9 Å². The first-order chi connectivity index (χ1) is 15.0. The average Bonchev–Trinajstić information content (AvgIpc) is 3.21. The van der Waals surface area contributed by atoms with Crippen molar-refractivity contribution in [3.63, 3.8) is 0 Å². The van der Waals surface area contributed by atoms with E-state index in [-0.39, 0.29) is 12.2 Å². The normalized spacial score (nSPS) is 11.4. The van der Waals surface area contributed by atoms with Crippen molar-refractivity contribution in [2.45, 2.75) is 13.0 Å². The van der Waals surface area contributed by atoms with Gasteiger partial charge in [-0.25, -0.2) is 9.59 Å². The Morgan fingerprint density at radius 1 is 1.00 bits per heavy atom. The van der Waals surface area contributed by atoms with E-state index < -0.39 is 30.6 Å². The molecule has 0 saturated heterocycles. The molecule has 3 aromatic rings. The maximum Gasteiger partial charge on any atom is 0.341 e. The maximum absolute atomic E-state index is 12.5. The molecule has 0 aliphatic heterocycles. The van der Waals surface area contributed by atoms with Gasteiger partial charge in [-0.2, -0.15) is 0 Å². The molecule has 8 heteroatoms. The first-order valence-electron chi connectivity index (χ1n) is 9.54. The number of aliphatic hydroxyl groups excluding tert-OH is 1. The lowest BCUT2D eigenvalue weighted by molar-refractivity contribution is -0.156. The number of thiophene rings is 1. The monoisotopic (exact) mass is 439 g/mol. The smallest absolute Gasteiger partial charge is 0.341 e. The van der Waals surface area contributed by atoms with Crippen LogP contribution in [0.5, 0.6) is 0 Å². The summed E-state index contributed by atoms with van der Waals surface area (Å²) in [5, 5.41) is 14.7. The van der Waals surface area contributed by atoms with Crippen LogP contribution < -0.4 is 5.32 Å². The SMILES string of the molecule is CCOC(=O)c1c(-c2ccccc2)csc1NC(=O)COC(=O)[C@H](O)c1ccccc1. The lowest BCUT2D eigenvalue weighted by atomic mass is 10.0. The molecule has 0 bridgehead atoms. The third-order valence-corrected chi connectivity index (χ3v) is 5.19. The molecular formula is C23H21NO6S. The number of carbonyl (C=O) groups excluding carboxylic acids is 3. The zero-order chi connectivity index (χ0) is 22.2. The summed E-state index contributed by atoms with van der Waals surface area (Å²) in [6.45, 7) is 1.27. The van der Waals surface area contributed by atoms with Crippen LogP contribution in [0.3, 0.4) is 0 Å². The van der Waals surface area contributed by atoms with Crippen LogP contribution in [-0.4, -0.2) is 36.2 Å². The highest BCUT2D eigenvalue weighted by molar-refractivity contribution is 7.15. The van der Waals surface area contributed by atoms with Crippen LogP contribution in [0.15, 0.2) is 66.0 Å². The molecule has 0 radical (unpaired) electrons. The van der Waals surface area contributed by atoms with Gasteiger partial charge in [-0.15, -0.1) is 11.3 Å². The van der Waals surface area contributed by atoms with Crippen LogP contribution in [0.2, 0.25) is 0 Å². The second-order valence-corrected chi connectivity index (χ2v) is 7.29. The van der Waals surface area contributed by atoms with E-state index in [1.54, 1.807) is 42.6 Å². The zero-order valence-corrected chi connectivity index (χ0v) is 17.6. The number of carbonyl (C=O) groups is 3. The van der Waals surface area contributed by atoms with Crippen molar-refractivity contribution in [1.82, 2.24) is 0 Å². The van der Waals surface area contributed by atoms with Gasteiger partial charge in [0.25, 0.3) is 5.91 Å². The summed E-state index contributed by atoms with van der Waals surface area (Å²) in [6, 6.07) is 17.5. The van der Waals surface area contributed by atoms with E-state index in [1.807, 2.05) is 30.3 Å². The highest BCUT2D eigenvalue weighted by Crippen LogP contribution is 2.36. The van der Waals surface area contributed by atoms with E-state index in [1.165, 1.54) is 11.3 Å². The fraction of sp³-hybridized carbons (Fsp3) is 0.174. The van der Waals surface area contributed by atoms with Gasteiger partial charge in [0.15, 0.2) is 12.7 Å². The number of hydrogen-bond acceptors (Lipinski definition) is 7. The number of ether oxygens (including phenoxy) is 2. The fourth-order valence-electron chi connectivity index (χ4n) is 2.84. The van der Waals surface area contributed by atoms with E-state index in [2.05, 4.69) is 5.32 Å². The Bertz CT molecular complexity index is 1050. The summed E-state index contributed by atoms with van der Waals surface area (Å²) < 4.78 is 10.1. The highest BCUT2D eigenvalue weighted by Gasteiger charge is 2.24. The number of hydrogen-bond donors (Lipinski definition) is 2. The maximum atomic E-state index is 12.5. The van der Waals surface area contributed by atoms with Crippen molar-refractivity contribution in [3.8, 4) is 11.1 Å². The molecule has 1 atom stereocenters. The number of aliphatic hydroxyl groups is 1. The van der Waals surface area contributed by atoms with Crippen LogP contribution in [0.25, 0.3) is 11.1 Å². The van der Waals surface area contributed by atoms with Gasteiger partial charge >= 0.3 is 11.9 Å². The molecule has 1 heterocycles. The predicted octanol–water partition coefficient (Wildman–Crippen LogP) is 3.81. The summed E-state index contributed by atoms with van der Waals surface area (Å²) in [7, 11) is 0. The van der Waals surface area contributed by atoms with Crippen molar-refractivity contribution in [1.29, 1.82) is 0 Å². The lowest BCUT2D eigenvalue weighted by Gasteiger charge is -2.11. The van der Waals surface area contributed by atoms with Crippen LogP contribution in [0.1, 0.15) is 28.9 Å². The van der Waals surface area contributed by atoms with Gasteiger partial charge < -0.3 is 19.9 Å². The van der Waals surface area contributed by atoms with Crippen LogP contribution in [0.4, 0.5) is 5.00 Å². The molecule has 1 amide bonds. The molecule has 2 N–H and O–H groups in total. The van der Waals surface area contributed by atoms with E-state index in [4.69, 9.17) is 9.47 Å².